The number of Topliss-reactive ketones (excluding diaryl/α,β-unsaturated/α-hetero) is 1. The van der Waals surface area contributed by atoms with E-state index in [1.165, 1.54) is 0 Å². The molecule has 2 aliphatic rings. The monoisotopic (exact) mass is 577 g/mol. The highest BCUT2D eigenvalue weighted by molar-refractivity contribution is 7.89. The Morgan fingerprint density at radius 2 is 1.90 bits per heavy atom. The highest BCUT2D eigenvalue weighted by Crippen LogP contribution is 2.29. The van der Waals surface area contributed by atoms with Crippen LogP contribution >= 0.6 is 0 Å². The number of nitrogens with zero attached hydrogens (tertiary/aromatic N) is 4. The first-order valence-corrected chi connectivity index (χ1v) is 15.5. The lowest BCUT2D eigenvalue weighted by molar-refractivity contribution is -0.128. The number of aromatic nitrogens is 1. The summed E-state index contributed by atoms with van der Waals surface area (Å²) in [4.78, 5) is 46.5. The Balaban J connectivity index is 1.47. The second-order valence-corrected chi connectivity index (χ2v) is 12.3. The summed E-state index contributed by atoms with van der Waals surface area (Å²) in [5.41, 5.74) is 2.64. The van der Waals surface area contributed by atoms with Crippen molar-refractivity contribution in [3.8, 4) is 6.07 Å². The van der Waals surface area contributed by atoms with Gasteiger partial charge in [0.05, 0.1) is 23.6 Å². The third-order valence-corrected chi connectivity index (χ3v) is 8.71. The van der Waals surface area contributed by atoms with Crippen molar-refractivity contribution in [2.45, 2.75) is 57.7 Å². The van der Waals surface area contributed by atoms with Crippen LogP contribution < -0.4 is 9.62 Å². The first kappa shape index (κ1) is 29.9. The van der Waals surface area contributed by atoms with Gasteiger partial charge in [-0.15, -0.1) is 6.58 Å². The van der Waals surface area contributed by atoms with Gasteiger partial charge in [0.25, 0.3) is 0 Å². The number of allylic oxidation sites excluding steroid dienone is 1. The van der Waals surface area contributed by atoms with Crippen LogP contribution in [0.5, 0.6) is 0 Å². The second-order valence-electron chi connectivity index (χ2n) is 10.6. The summed E-state index contributed by atoms with van der Waals surface area (Å²) >= 11 is 0. The Bertz CT molecular complexity index is 1470. The lowest BCUT2D eigenvalue weighted by atomic mass is 9.95. The molecule has 0 unspecified atom stereocenters. The quantitative estimate of drug-likeness (QED) is 0.317. The minimum absolute atomic E-state index is 0.00589. The minimum Gasteiger partial charge on any atom is -0.355 e. The Kier molecular flexibility index (Phi) is 9.55. The van der Waals surface area contributed by atoms with Crippen LogP contribution in [-0.4, -0.2) is 55.5 Å². The van der Waals surface area contributed by atoms with Gasteiger partial charge in [-0.3, -0.25) is 19.1 Å². The van der Waals surface area contributed by atoms with E-state index in [4.69, 9.17) is 4.98 Å². The normalized spacial score (nSPS) is 16.0. The number of nitriles is 1. The lowest BCUT2D eigenvalue weighted by Gasteiger charge is -2.33. The second kappa shape index (κ2) is 13.1. The first-order chi connectivity index (χ1) is 19.6. The van der Waals surface area contributed by atoms with Crippen molar-refractivity contribution in [3.63, 3.8) is 0 Å². The van der Waals surface area contributed by atoms with E-state index in [0.29, 0.717) is 68.0 Å². The maximum absolute atomic E-state index is 13.0. The molecule has 10 nitrogen and oxygen atoms in total. The molecule has 11 heteroatoms. The highest BCUT2D eigenvalue weighted by atomic mass is 32.2. The van der Waals surface area contributed by atoms with E-state index in [1.54, 1.807) is 29.2 Å². The third kappa shape index (κ3) is 7.58. The molecule has 0 radical (unpaired) electrons. The van der Waals surface area contributed by atoms with Gasteiger partial charge in [-0.25, -0.2) is 13.4 Å². The fourth-order valence-electron chi connectivity index (χ4n) is 5.18. The summed E-state index contributed by atoms with van der Waals surface area (Å²) in [5, 5.41) is 9.91. The predicted molar refractivity (Wildman–Crippen MR) is 154 cm³/mol. The van der Waals surface area contributed by atoms with Crippen molar-refractivity contribution in [3.05, 3.63) is 70.9 Å². The maximum atomic E-state index is 13.0. The van der Waals surface area contributed by atoms with Crippen molar-refractivity contribution < 1.29 is 22.8 Å². The maximum Gasteiger partial charge on any atom is 0.239 e. The summed E-state index contributed by atoms with van der Waals surface area (Å²) in [6.07, 6.45) is 4.32. The van der Waals surface area contributed by atoms with Crippen LogP contribution in [0.1, 0.15) is 71.3 Å². The van der Waals surface area contributed by atoms with E-state index < -0.39 is 21.8 Å². The molecule has 4 rings (SSSR count). The molecular weight excluding hydrogens is 542 g/mol. The summed E-state index contributed by atoms with van der Waals surface area (Å²) in [5.74, 6) is -1.09. The number of ketones is 1. The molecule has 1 aromatic carbocycles. The summed E-state index contributed by atoms with van der Waals surface area (Å²) in [6, 6.07) is 10.8. The van der Waals surface area contributed by atoms with Crippen molar-refractivity contribution in [1.29, 1.82) is 5.26 Å². The van der Waals surface area contributed by atoms with E-state index in [-0.39, 0.29) is 36.0 Å². The molecule has 2 amide bonds. The fraction of sp³-hybridized carbons (Fsp3) is 0.433. The third-order valence-electron chi connectivity index (χ3n) is 7.49. The van der Waals surface area contributed by atoms with Gasteiger partial charge in [0.15, 0.2) is 5.78 Å². The highest BCUT2D eigenvalue weighted by Gasteiger charge is 2.31. The van der Waals surface area contributed by atoms with Crippen molar-refractivity contribution in [2.24, 2.45) is 5.92 Å². The molecule has 0 atom stereocenters. The van der Waals surface area contributed by atoms with E-state index >= 15 is 0 Å². The van der Waals surface area contributed by atoms with Crippen LogP contribution in [0.4, 0.5) is 5.82 Å². The minimum atomic E-state index is -3.85. The number of amides is 2. The average Bonchev–Trinajstić information content (AvgIpc) is 3.36. The number of benzene rings is 1. The number of anilines is 1. The van der Waals surface area contributed by atoms with Crippen molar-refractivity contribution >= 4 is 33.4 Å². The number of pyridine rings is 1. The van der Waals surface area contributed by atoms with Gasteiger partial charge in [0.2, 0.25) is 21.8 Å². The standard InChI is InChI=1S/C30H35N5O5S/c1-3-4-6-27(36)25-17-24(18-31)29(32-26(25)19-35-14-5-7-28(35)37)34-15-12-23(13-16-34)30(38)33-41(39,40)20-22-10-8-21(2)9-11-22/h3,8-11,17,23H,1,4-7,12-16,19-20H2,2H3,(H,33,38). The van der Waals surface area contributed by atoms with Gasteiger partial charge in [-0.1, -0.05) is 35.9 Å². The van der Waals surface area contributed by atoms with E-state index in [2.05, 4.69) is 17.4 Å². The molecule has 3 heterocycles. The van der Waals surface area contributed by atoms with Gasteiger partial charge in [-0.05, 0) is 44.2 Å². The number of hydrogen-bond acceptors (Lipinski definition) is 8. The van der Waals surface area contributed by atoms with Gasteiger partial charge in [-0.2, -0.15) is 5.26 Å². The van der Waals surface area contributed by atoms with E-state index in [9.17, 15) is 28.1 Å². The number of likely N-dealkylation sites (tertiary alicyclic amines) is 1. The van der Waals surface area contributed by atoms with Crippen LogP contribution in [0.3, 0.4) is 0 Å². The van der Waals surface area contributed by atoms with Crippen LogP contribution in [-0.2, 0) is 31.9 Å². The molecule has 0 saturated carbocycles. The lowest BCUT2D eigenvalue weighted by Crippen LogP contribution is -2.43. The number of rotatable bonds is 11. The van der Waals surface area contributed by atoms with Gasteiger partial charge in [0.1, 0.15) is 11.9 Å². The topological polar surface area (TPSA) is 141 Å². The summed E-state index contributed by atoms with van der Waals surface area (Å²) in [6.45, 7) is 7.11. The van der Waals surface area contributed by atoms with Crippen LogP contribution in [0, 0.1) is 24.2 Å². The molecule has 41 heavy (non-hydrogen) atoms. The molecule has 1 N–H and O–H groups in total. The SMILES string of the molecule is C=CCCC(=O)c1cc(C#N)c(N2CCC(C(=O)NS(=O)(=O)Cc3ccc(C)cc3)CC2)nc1CN1CCCC1=O. The van der Waals surface area contributed by atoms with E-state index in [1.807, 2.05) is 24.0 Å². The Hall–Kier alpha value is -4.04. The summed E-state index contributed by atoms with van der Waals surface area (Å²) < 4.78 is 27.4. The molecule has 2 fully saturated rings. The molecule has 216 valence electrons. The number of hydrogen-bond donors (Lipinski definition) is 1. The number of nitrogens with one attached hydrogen (secondary N) is 1. The molecule has 0 spiro atoms. The molecule has 2 saturated heterocycles. The van der Waals surface area contributed by atoms with Crippen LogP contribution in [0.2, 0.25) is 0 Å². The Morgan fingerprint density at radius 1 is 1.20 bits per heavy atom. The number of aryl methyl sites for hydroxylation is 1. The molecule has 0 bridgehead atoms. The first-order valence-electron chi connectivity index (χ1n) is 13.8. The number of sulfonamides is 1. The zero-order chi connectivity index (χ0) is 29.6. The van der Waals surface area contributed by atoms with Gasteiger partial charge in [0, 0.05) is 44.0 Å². The van der Waals surface area contributed by atoms with Gasteiger partial charge < -0.3 is 9.80 Å². The van der Waals surface area contributed by atoms with Crippen LogP contribution in [0.25, 0.3) is 0 Å². The zero-order valence-corrected chi connectivity index (χ0v) is 24.1. The molecular formula is C30H35N5O5S. The average molecular weight is 578 g/mol. The fourth-order valence-corrected chi connectivity index (χ4v) is 6.35. The van der Waals surface area contributed by atoms with Gasteiger partial charge >= 0.3 is 0 Å². The molecule has 2 aromatic rings. The molecule has 0 aliphatic carbocycles. The molecule has 1 aromatic heterocycles. The summed E-state index contributed by atoms with van der Waals surface area (Å²) in [7, 11) is -3.85. The number of piperidine rings is 1. The Labute approximate surface area is 241 Å². The zero-order valence-electron chi connectivity index (χ0n) is 23.3. The predicted octanol–water partition coefficient (Wildman–Crippen LogP) is 3.40. The number of carbonyl (C=O) groups excluding carboxylic acids is 3. The van der Waals surface area contributed by atoms with Crippen LogP contribution in [0.15, 0.2) is 43.0 Å². The number of carbonyl (C=O) groups is 3. The van der Waals surface area contributed by atoms with Crippen molar-refractivity contribution in [2.75, 3.05) is 24.5 Å². The smallest absolute Gasteiger partial charge is 0.239 e. The van der Waals surface area contributed by atoms with E-state index in [0.717, 1.165) is 12.0 Å². The van der Waals surface area contributed by atoms with Crippen molar-refractivity contribution in [1.82, 2.24) is 14.6 Å². The largest absolute Gasteiger partial charge is 0.355 e. The Morgan fingerprint density at radius 3 is 2.51 bits per heavy atom. The molecule has 2 aliphatic heterocycles.